The SMILES string of the molecule is Cc1csc(-c2nnc(N(C)c3ncc4c(n3)N3CCN=C3C(c3ccc(N)cc3C)=C4)c3ccccc23)c1. The summed E-state index contributed by atoms with van der Waals surface area (Å²) in [6, 6.07) is 16.4. The van der Waals surface area contributed by atoms with Crippen molar-refractivity contribution in [2.75, 3.05) is 35.7 Å². The molecular formula is C30H26N8S. The van der Waals surface area contributed by atoms with Gasteiger partial charge in [0, 0.05) is 47.4 Å². The first-order chi connectivity index (χ1) is 19.0. The fourth-order valence-electron chi connectivity index (χ4n) is 5.31. The van der Waals surface area contributed by atoms with E-state index >= 15 is 0 Å². The van der Waals surface area contributed by atoms with Gasteiger partial charge in [-0.05, 0) is 60.2 Å². The number of aromatic nitrogens is 4. The number of aliphatic imine (C=N–C) groups is 1. The van der Waals surface area contributed by atoms with Crippen LogP contribution in [0.15, 0.2) is 65.1 Å². The highest BCUT2D eigenvalue weighted by Gasteiger charge is 2.31. The van der Waals surface area contributed by atoms with Gasteiger partial charge in [0.15, 0.2) is 5.82 Å². The Kier molecular flexibility index (Phi) is 5.41. The van der Waals surface area contributed by atoms with E-state index in [2.05, 4.69) is 64.7 Å². The molecule has 0 bridgehead atoms. The number of benzene rings is 2. The molecule has 2 N–H and O–H groups in total. The highest BCUT2D eigenvalue weighted by molar-refractivity contribution is 7.13. The van der Waals surface area contributed by atoms with Crippen LogP contribution in [-0.2, 0) is 0 Å². The van der Waals surface area contributed by atoms with Crippen LogP contribution in [0.25, 0.3) is 33.0 Å². The zero-order valence-corrected chi connectivity index (χ0v) is 22.7. The van der Waals surface area contributed by atoms with Crippen LogP contribution >= 0.6 is 11.3 Å². The van der Waals surface area contributed by atoms with Gasteiger partial charge in [0.25, 0.3) is 0 Å². The highest BCUT2D eigenvalue weighted by Crippen LogP contribution is 2.39. The Bertz CT molecular complexity index is 1840. The first-order valence-electron chi connectivity index (χ1n) is 12.8. The van der Waals surface area contributed by atoms with Crippen LogP contribution < -0.4 is 15.5 Å². The van der Waals surface area contributed by atoms with Gasteiger partial charge in [0.1, 0.15) is 17.3 Å². The monoisotopic (exact) mass is 530 g/mol. The Labute approximate surface area is 230 Å². The van der Waals surface area contributed by atoms with Gasteiger partial charge in [-0.25, -0.2) is 4.98 Å². The minimum Gasteiger partial charge on any atom is -0.399 e. The second kappa shape index (κ2) is 8.99. The van der Waals surface area contributed by atoms with Crippen LogP contribution in [0, 0.1) is 13.8 Å². The topological polar surface area (TPSA) is 96.4 Å². The second-order valence-electron chi connectivity index (χ2n) is 9.90. The van der Waals surface area contributed by atoms with Crippen LogP contribution in [0.2, 0.25) is 0 Å². The molecule has 39 heavy (non-hydrogen) atoms. The lowest BCUT2D eigenvalue weighted by molar-refractivity contribution is 0.945. The van der Waals surface area contributed by atoms with Crippen molar-refractivity contribution in [1.29, 1.82) is 0 Å². The van der Waals surface area contributed by atoms with Crippen LogP contribution in [0.5, 0.6) is 0 Å². The number of nitrogens with two attached hydrogens (primary N) is 1. The third-order valence-electron chi connectivity index (χ3n) is 7.21. The Morgan fingerprint density at radius 3 is 2.67 bits per heavy atom. The predicted octanol–water partition coefficient (Wildman–Crippen LogP) is 5.89. The van der Waals surface area contributed by atoms with Gasteiger partial charge >= 0.3 is 0 Å². The molecule has 2 aliphatic rings. The summed E-state index contributed by atoms with van der Waals surface area (Å²) in [5.41, 5.74) is 13.1. The normalized spacial score (nSPS) is 14.2. The minimum absolute atomic E-state index is 0.555. The number of fused-ring (bicyclic) bond motifs is 4. The third-order valence-corrected chi connectivity index (χ3v) is 8.27. The largest absolute Gasteiger partial charge is 0.399 e. The zero-order chi connectivity index (χ0) is 26.7. The van der Waals surface area contributed by atoms with E-state index < -0.39 is 0 Å². The van der Waals surface area contributed by atoms with Gasteiger partial charge in [-0.15, -0.1) is 21.5 Å². The Morgan fingerprint density at radius 1 is 1.03 bits per heavy atom. The first kappa shape index (κ1) is 23.5. The van der Waals surface area contributed by atoms with E-state index in [0.29, 0.717) is 11.8 Å². The molecule has 5 heterocycles. The molecule has 192 valence electrons. The van der Waals surface area contributed by atoms with Crippen molar-refractivity contribution in [3.63, 3.8) is 0 Å². The Balaban J connectivity index is 1.31. The van der Waals surface area contributed by atoms with Gasteiger partial charge in [0.2, 0.25) is 5.95 Å². The van der Waals surface area contributed by atoms with Crippen molar-refractivity contribution in [3.05, 3.63) is 82.4 Å². The first-order valence-corrected chi connectivity index (χ1v) is 13.7. The maximum Gasteiger partial charge on any atom is 0.232 e. The maximum absolute atomic E-state index is 6.01. The van der Waals surface area contributed by atoms with Crippen molar-refractivity contribution >= 4 is 62.9 Å². The van der Waals surface area contributed by atoms with E-state index in [1.54, 1.807) is 11.3 Å². The number of amidine groups is 1. The summed E-state index contributed by atoms with van der Waals surface area (Å²) >= 11 is 1.68. The number of aryl methyl sites for hydroxylation is 2. The Hall–Kier alpha value is -4.63. The number of rotatable bonds is 4. The summed E-state index contributed by atoms with van der Waals surface area (Å²) in [7, 11) is 1.94. The smallest absolute Gasteiger partial charge is 0.232 e. The van der Waals surface area contributed by atoms with E-state index in [1.807, 2.05) is 42.4 Å². The van der Waals surface area contributed by atoms with Crippen LogP contribution in [0.4, 0.5) is 23.3 Å². The van der Waals surface area contributed by atoms with E-state index in [0.717, 1.165) is 74.0 Å². The van der Waals surface area contributed by atoms with E-state index in [1.165, 1.54) is 5.56 Å². The summed E-state index contributed by atoms with van der Waals surface area (Å²) < 4.78 is 0. The zero-order valence-electron chi connectivity index (χ0n) is 21.9. The lowest BCUT2D eigenvalue weighted by Crippen LogP contribution is -2.33. The minimum atomic E-state index is 0.555. The molecule has 7 rings (SSSR count). The van der Waals surface area contributed by atoms with Crippen LogP contribution in [-0.4, -0.2) is 46.1 Å². The molecule has 0 saturated carbocycles. The second-order valence-corrected chi connectivity index (χ2v) is 10.8. The molecule has 9 heteroatoms. The lowest BCUT2D eigenvalue weighted by atomic mass is 9.95. The van der Waals surface area contributed by atoms with Crippen molar-refractivity contribution in [2.45, 2.75) is 13.8 Å². The molecule has 0 amide bonds. The van der Waals surface area contributed by atoms with E-state index in [9.17, 15) is 0 Å². The maximum atomic E-state index is 6.01. The van der Waals surface area contributed by atoms with Gasteiger partial charge < -0.3 is 10.6 Å². The summed E-state index contributed by atoms with van der Waals surface area (Å²) in [5.74, 6) is 3.05. The molecular weight excluding hydrogens is 504 g/mol. The van der Waals surface area contributed by atoms with Crippen molar-refractivity contribution in [3.8, 4) is 10.6 Å². The van der Waals surface area contributed by atoms with Crippen LogP contribution in [0.3, 0.4) is 0 Å². The fraction of sp³-hybridized carbons (Fsp3) is 0.167. The van der Waals surface area contributed by atoms with Gasteiger partial charge in [-0.1, -0.05) is 30.3 Å². The summed E-state index contributed by atoms with van der Waals surface area (Å²) in [6.45, 7) is 5.66. The number of anilines is 4. The average molecular weight is 531 g/mol. The summed E-state index contributed by atoms with van der Waals surface area (Å²) in [4.78, 5) is 19.8. The van der Waals surface area contributed by atoms with Crippen LogP contribution in [0.1, 0.15) is 22.3 Å². The predicted molar refractivity (Wildman–Crippen MR) is 161 cm³/mol. The standard InChI is InChI=1S/C30H26N8S/c1-17-12-25(39-16-17)26-22-6-4-5-7-23(22)29(36-35-26)37(3)30-33-15-19-14-24(21-9-8-20(31)13-18(21)2)28-32-10-11-38(28)27(19)34-30/h4-9,12-16H,10-11,31H2,1-3H3. The Morgan fingerprint density at radius 2 is 1.87 bits per heavy atom. The van der Waals surface area contributed by atoms with Crippen molar-refractivity contribution in [1.82, 2.24) is 20.2 Å². The molecule has 0 unspecified atom stereocenters. The van der Waals surface area contributed by atoms with E-state index in [4.69, 9.17) is 20.7 Å². The molecule has 0 spiro atoms. The molecule has 3 aromatic heterocycles. The summed E-state index contributed by atoms with van der Waals surface area (Å²) in [5, 5.41) is 13.5. The average Bonchev–Trinajstić information content (AvgIpc) is 3.61. The van der Waals surface area contributed by atoms with Crippen molar-refractivity contribution in [2.24, 2.45) is 4.99 Å². The molecule has 2 aliphatic heterocycles. The number of thiophene rings is 1. The molecule has 0 fully saturated rings. The summed E-state index contributed by atoms with van der Waals surface area (Å²) in [6.07, 6.45) is 4.01. The quantitative estimate of drug-likeness (QED) is 0.290. The fourth-order valence-corrected chi connectivity index (χ4v) is 6.21. The third kappa shape index (κ3) is 3.85. The number of hydrogen-bond acceptors (Lipinski definition) is 9. The number of nitrogen functional groups attached to an aromatic ring is 1. The molecule has 0 saturated heterocycles. The van der Waals surface area contributed by atoms with Gasteiger partial charge in [-0.3, -0.25) is 9.89 Å². The molecule has 2 aromatic carbocycles. The van der Waals surface area contributed by atoms with E-state index in [-0.39, 0.29) is 0 Å². The van der Waals surface area contributed by atoms with Crippen molar-refractivity contribution < 1.29 is 0 Å². The highest BCUT2D eigenvalue weighted by atomic mass is 32.1. The number of nitrogens with zero attached hydrogens (tertiary/aromatic N) is 7. The van der Waals surface area contributed by atoms with Gasteiger partial charge in [0.05, 0.1) is 11.4 Å². The molecule has 8 nitrogen and oxygen atoms in total. The molecule has 0 aliphatic carbocycles. The lowest BCUT2D eigenvalue weighted by Gasteiger charge is -2.29. The van der Waals surface area contributed by atoms with Gasteiger partial charge in [-0.2, -0.15) is 4.98 Å². The molecule has 0 radical (unpaired) electrons. The molecule has 0 atom stereocenters. The molecule has 5 aromatic rings. The number of hydrogen-bond donors (Lipinski definition) is 1.